The molecule has 0 saturated carbocycles. The first kappa shape index (κ1) is 11.2. The van der Waals surface area contributed by atoms with Crippen molar-refractivity contribution in [1.82, 2.24) is 9.80 Å². The van der Waals surface area contributed by atoms with Gasteiger partial charge in [0.05, 0.1) is 0 Å². The topological polar surface area (TPSA) is 43.8 Å². The fraction of sp³-hybridized carbons (Fsp3) is 0.889. The molecule has 82 valence electrons. The number of rotatable bonds is 1. The Morgan fingerprint density at radius 2 is 2.29 bits per heavy atom. The summed E-state index contributed by atoms with van der Waals surface area (Å²) < 4.78 is 13.3. The summed E-state index contributed by atoms with van der Waals surface area (Å²) in [4.78, 5) is 13.8. The van der Waals surface area contributed by atoms with E-state index < -0.39 is 12.3 Å². The molecule has 0 aromatic rings. The summed E-state index contributed by atoms with van der Waals surface area (Å²) in [5.41, 5.74) is 0. The Labute approximate surface area is 83.3 Å². The first-order valence-electron chi connectivity index (χ1n) is 4.79. The van der Waals surface area contributed by atoms with Crippen LogP contribution in [0, 0.1) is 0 Å². The Balaban J connectivity index is 2.57. The molecular weight excluding hydrogens is 187 g/mol. The van der Waals surface area contributed by atoms with Crippen LogP contribution < -0.4 is 0 Å². The summed E-state index contributed by atoms with van der Waals surface area (Å²) in [6.07, 6.45) is -0.881. The van der Waals surface area contributed by atoms with Crippen molar-refractivity contribution in [3.63, 3.8) is 0 Å². The van der Waals surface area contributed by atoms with Gasteiger partial charge in [-0.3, -0.25) is 0 Å². The van der Waals surface area contributed by atoms with E-state index in [2.05, 4.69) is 0 Å². The van der Waals surface area contributed by atoms with Crippen molar-refractivity contribution < 1.29 is 14.3 Å². The van der Waals surface area contributed by atoms with Crippen molar-refractivity contribution >= 4 is 6.09 Å². The van der Waals surface area contributed by atoms with Crippen LogP contribution in [0.1, 0.15) is 12.8 Å². The van der Waals surface area contributed by atoms with Crippen LogP contribution in [0.25, 0.3) is 0 Å². The van der Waals surface area contributed by atoms with Crippen molar-refractivity contribution in [2.24, 2.45) is 0 Å². The zero-order valence-electron chi connectivity index (χ0n) is 8.61. The van der Waals surface area contributed by atoms with Gasteiger partial charge in [0.15, 0.2) is 0 Å². The predicted octanol–water partition coefficient (Wildman–Crippen LogP) is 1.03. The van der Waals surface area contributed by atoms with Gasteiger partial charge in [-0.25, -0.2) is 9.18 Å². The number of carbonyl (C=O) groups is 1. The molecule has 1 aliphatic heterocycles. The minimum absolute atomic E-state index is 0.188. The SMILES string of the molecule is CN1CCC(N(C)C(=O)O)CC(F)C1. The van der Waals surface area contributed by atoms with Gasteiger partial charge in [-0.1, -0.05) is 0 Å². The van der Waals surface area contributed by atoms with Crippen LogP contribution in [0.2, 0.25) is 0 Å². The molecule has 1 saturated heterocycles. The first-order valence-corrected chi connectivity index (χ1v) is 4.79. The molecule has 5 heteroatoms. The van der Waals surface area contributed by atoms with Crippen molar-refractivity contribution in [3.8, 4) is 0 Å². The molecule has 1 heterocycles. The lowest BCUT2D eigenvalue weighted by Crippen LogP contribution is -2.37. The Morgan fingerprint density at radius 1 is 1.64 bits per heavy atom. The van der Waals surface area contributed by atoms with Gasteiger partial charge in [-0.05, 0) is 20.0 Å². The molecule has 0 spiro atoms. The van der Waals surface area contributed by atoms with E-state index in [0.29, 0.717) is 19.4 Å². The maximum absolute atomic E-state index is 13.3. The molecule has 1 rings (SSSR count). The van der Waals surface area contributed by atoms with Crippen molar-refractivity contribution in [2.75, 3.05) is 27.2 Å². The molecule has 1 amide bonds. The average Bonchev–Trinajstić information content (AvgIpc) is 2.25. The molecule has 0 aromatic heterocycles. The monoisotopic (exact) mass is 204 g/mol. The summed E-state index contributed by atoms with van der Waals surface area (Å²) in [6.45, 7) is 1.16. The van der Waals surface area contributed by atoms with E-state index in [4.69, 9.17) is 5.11 Å². The zero-order chi connectivity index (χ0) is 10.7. The van der Waals surface area contributed by atoms with Gasteiger partial charge in [0, 0.05) is 26.1 Å². The van der Waals surface area contributed by atoms with Gasteiger partial charge >= 0.3 is 6.09 Å². The van der Waals surface area contributed by atoms with E-state index in [1.165, 1.54) is 11.9 Å². The maximum atomic E-state index is 13.3. The number of carboxylic acid groups (broad SMARTS) is 1. The standard InChI is InChI=1S/C9H17FN2O2/c1-11-4-3-8(5-7(10)6-11)12(2)9(13)14/h7-8H,3-6H2,1-2H3,(H,13,14). The first-order chi connectivity index (χ1) is 6.50. The molecule has 1 fully saturated rings. The fourth-order valence-electron chi connectivity index (χ4n) is 1.79. The Morgan fingerprint density at radius 3 is 2.86 bits per heavy atom. The van der Waals surface area contributed by atoms with Gasteiger partial charge in [-0.2, -0.15) is 0 Å². The summed E-state index contributed by atoms with van der Waals surface area (Å²) >= 11 is 0. The average molecular weight is 204 g/mol. The van der Waals surface area contributed by atoms with Crippen molar-refractivity contribution in [2.45, 2.75) is 25.1 Å². The summed E-state index contributed by atoms with van der Waals surface area (Å²) in [7, 11) is 3.36. The highest BCUT2D eigenvalue weighted by atomic mass is 19.1. The molecule has 0 bridgehead atoms. The maximum Gasteiger partial charge on any atom is 0.407 e. The number of alkyl halides is 1. The van der Waals surface area contributed by atoms with E-state index in [9.17, 15) is 9.18 Å². The number of amides is 1. The second-order valence-corrected chi connectivity index (χ2v) is 3.93. The van der Waals surface area contributed by atoms with Crippen LogP contribution in [-0.2, 0) is 0 Å². The third-order valence-electron chi connectivity index (χ3n) is 2.73. The fourth-order valence-corrected chi connectivity index (χ4v) is 1.79. The minimum Gasteiger partial charge on any atom is -0.465 e. The second-order valence-electron chi connectivity index (χ2n) is 3.93. The molecule has 0 radical (unpaired) electrons. The summed E-state index contributed by atoms with van der Waals surface area (Å²) in [5.74, 6) is 0. The lowest BCUT2D eigenvalue weighted by atomic mass is 10.1. The van der Waals surface area contributed by atoms with E-state index in [1.807, 2.05) is 11.9 Å². The number of hydrogen-bond donors (Lipinski definition) is 1. The van der Waals surface area contributed by atoms with Crippen LogP contribution in [0.3, 0.4) is 0 Å². The number of likely N-dealkylation sites (tertiary alicyclic amines) is 1. The number of nitrogens with zero attached hydrogens (tertiary/aromatic N) is 2. The third kappa shape index (κ3) is 2.83. The summed E-state index contributed by atoms with van der Waals surface area (Å²) in [5, 5.41) is 8.77. The van der Waals surface area contributed by atoms with Gasteiger partial charge in [0.25, 0.3) is 0 Å². The van der Waals surface area contributed by atoms with Gasteiger partial charge in [0.2, 0.25) is 0 Å². The molecule has 0 aliphatic carbocycles. The van der Waals surface area contributed by atoms with Gasteiger partial charge in [0.1, 0.15) is 6.17 Å². The van der Waals surface area contributed by atoms with E-state index >= 15 is 0 Å². The van der Waals surface area contributed by atoms with Crippen LogP contribution in [-0.4, -0.2) is 60.4 Å². The number of hydrogen-bond acceptors (Lipinski definition) is 2. The Kier molecular flexibility index (Phi) is 3.69. The smallest absolute Gasteiger partial charge is 0.407 e. The van der Waals surface area contributed by atoms with Crippen LogP contribution in [0.5, 0.6) is 0 Å². The quantitative estimate of drug-likeness (QED) is 0.693. The molecule has 4 nitrogen and oxygen atoms in total. The Bertz CT molecular complexity index is 213. The van der Waals surface area contributed by atoms with Crippen LogP contribution >= 0.6 is 0 Å². The number of halogens is 1. The van der Waals surface area contributed by atoms with E-state index in [0.717, 1.165) is 6.54 Å². The highest BCUT2D eigenvalue weighted by Crippen LogP contribution is 2.17. The zero-order valence-corrected chi connectivity index (χ0v) is 8.61. The highest BCUT2D eigenvalue weighted by Gasteiger charge is 2.27. The molecule has 1 N–H and O–H groups in total. The molecule has 1 aliphatic rings. The molecule has 14 heavy (non-hydrogen) atoms. The highest BCUT2D eigenvalue weighted by molar-refractivity contribution is 5.64. The molecule has 2 atom stereocenters. The van der Waals surface area contributed by atoms with Crippen LogP contribution in [0.15, 0.2) is 0 Å². The largest absolute Gasteiger partial charge is 0.465 e. The van der Waals surface area contributed by atoms with Crippen molar-refractivity contribution in [3.05, 3.63) is 0 Å². The second kappa shape index (κ2) is 4.59. The Hall–Kier alpha value is -0.840. The van der Waals surface area contributed by atoms with Gasteiger partial charge in [-0.15, -0.1) is 0 Å². The van der Waals surface area contributed by atoms with E-state index in [1.54, 1.807) is 0 Å². The van der Waals surface area contributed by atoms with Gasteiger partial charge < -0.3 is 14.9 Å². The normalized spacial score (nSPS) is 29.6. The minimum atomic E-state index is -0.980. The predicted molar refractivity (Wildman–Crippen MR) is 51.2 cm³/mol. The van der Waals surface area contributed by atoms with E-state index in [-0.39, 0.29) is 6.04 Å². The molecule has 2 unspecified atom stereocenters. The van der Waals surface area contributed by atoms with Crippen LogP contribution in [0.4, 0.5) is 9.18 Å². The lowest BCUT2D eigenvalue weighted by molar-refractivity contribution is 0.127. The summed E-state index contributed by atoms with van der Waals surface area (Å²) in [6, 6.07) is -0.188. The third-order valence-corrected chi connectivity index (χ3v) is 2.73. The molecular formula is C9H17FN2O2. The lowest BCUT2D eigenvalue weighted by Gasteiger charge is -2.24. The molecule has 0 aromatic carbocycles. The van der Waals surface area contributed by atoms with Crippen molar-refractivity contribution in [1.29, 1.82) is 0 Å².